The molecule has 2 aromatic rings. The van der Waals surface area contributed by atoms with Crippen molar-refractivity contribution in [3.63, 3.8) is 0 Å². The van der Waals surface area contributed by atoms with Crippen LogP contribution < -0.4 is 10.1 Å². The largest absolute Gasteiger partial charge is 0.573 e. The summed E-state index contributed by atoms with van der Waals surface area (Å²) in [6.45, 7) is 4.15. The van der Waals surface area contributed by atoms with Gasteiger partial charge in [0.2, 0.25) is 0 Å². The lowest BCUT2D eigenvalue weighted by molar-refractivity contribution is -0.274. The van der Waals surface area contributed by atoms with Crippen molar-refractivity contribution < 1.29 is 22.7 Å². The minimum absolute atomic E-state index is 0.167. The van der Waals surface area contributed by atoms with Crippen LogP contribution in [0.15, 0.2) is 60.8 Å². The number of anilines is 1. The molecule has 6 heteroatoms. The second-order valence-electron chi connectivity index (χ2n) is 5.69. The van der Waals surface area contributed by atoms with Crippen LogP contribution in [0.5, 0.6) is 5.75 Å². The number of allylic oxidation sites excluding steroid dienone is 1. The maximum atomic E-state index is 12.1. The van der Waals surface area contributed by atoms with Crippen molar-refractivity contribution in [3.8, 4) is 5.75 Å². The van der Waals surface area contributed by atoms with E-state index in [0.717, 1.165) is 5.56 Å². The molecule has 0 radical (unpaired) electrons. The van der Waals surface area contributed by atoms with E-state index in [9.17, 15) is 18.0 Å². The molecule has 3 nitrogen and oxygen atoms in total. The number of benzene rings is 2. The molecule has 0 saturated heterocycles. The van der Waals surface area contributed by atoms with Crippen LogP contribution in [0.2, 0.25) is 0 Å². The van der Waals surface area contributed by atoms with Gasteiger partial charge in [-0.05, 0) is 35.7 Å². The Bertz CT molecular complexity index is 733. The van der Waals surface area contributed by atoms with Crippen LogP contribution >= 0.6 is 0 Å². The second kappa shape index (κ2) is 7.88. The maximum absolute atomic E-state index is 12.1. The molecule has 0 unspecified atom stereocenters. The Morgan fingerprint density at radius 1 is 1.04 bits per heavy atom. The summed E-state index contributed by atoms with van der Waals surface area (Å²) in [5, 5.41) is 2.83. The Hall–Kier alpha value is -2.76. The van der Waals surface area contributed by atoms with Gasteiger partial charge in [0.15, 0.2) is 5.78 Å². The molecule has 0 amide bonds. The Kier molecular flexibility index (Phi) is 5.85. The summed E-state index contributed by atoms with van der Waals surface area (Å²) in [4.78, 5) is 12.1. The number of ketones is 1. The van der Waals surface area contributed by atoms with E-state index in [1.54, 1.807) is 12.1 Å². The van der Waals surface area contributed by atoms with Gasteiger partial charge in [-0.25, -0.2) is 0 Å². The molecule has 0 heterocycles. The summed E-state index contributed by atoms with van der Waals surface area (Å²) in [5.41, 5.74) is 2.25. The average Bonchev–Trinajstić information content (AvgIpc) is 2.55. The van der Waals surface area contributed by atoms with Crippen molar-refractivity contribution in [2.45, 2.75) is 26.1 Å². The zero-order chi connectivity index (χ0) is 18.4. The molecule has 0 aliphatic carbocycles. The predicted octanol–water partition coefficient (Wildman–Crippen LogP) is 5.52. The zero-order valence-corrected chi connectivity index (χ0v) is 13.8. The normalized spacial score (nSPS) is 11.8. The van der Waals surface area contributed by atoms with Crippen LogP contribution in [0, 0.1) is 0 Å². The first-order valence-corrected chi connectivity index (χ1v) is 7.68. The van der Waals surface area contributed by atoms with Crippen LogP contribution in [0.3, 0.4) is 0 Å². The van der Waals surface area contributed by atoms with Crippen molar-refractivity contribution >= 4 is 11.5 Å². The molecule has 1 N–H and O–H groups in total. The van der Waals surface area contributed by atoms with E-state index in [4.69, 9.17) is 0 Å². The lowest BCUT2D eigenvalue weighted by Gasteiger charge is -2.09. The molecule has 2 rings (SSSR count). The van der Waals surface area contributed by atoms with Crippen molar-refractivity contribution in [3.05, 3.63) is 71.9 Å². The molecule has 0 aliphatic heterocycles. The smallest absolute Gasteiger partial charge is 0.406 e. The Morgan fingerprint density at radius 3 is 2.16 bits per heavy atom. The Morgan fingerprint density at radius 2 is 1.64 bits per heavy atom. The van der Waals surface area contributed by atoms with Gasteiger partial charge < -0.3 is 10.1 Å². The molecule has 0 saturated carbocycles. The molecule has 2 aromatic carbocycles. The lowest BCUT2D eigenvalue weighted by Crippen LogP contribution is -2.16. The van der Waals surface area contributed by atoms with Crippen LogP contribution in [-0.2, 0) is 0 Å². The van der Waals surface area contributed by atoms with Gasteiger partial charge in [0, 0.05) is 23.5 Å². The van der Waals surface area contributed by atoms with Gasteiger partial charge in [-0.3, -0.25) is 4.79 Å². The Balaban J connectivity index is 1.92. The van der Waals surface area contributed by atoms with Crippen molar-refractivity contribution in [1.29, 1.82) is 0 Å². The molecule has 25 heavy (non-hydrogen) atoms. The first-order valence-electron chi connectivity index (χ1n) is 7.68. The minimum atomic E-state index is -4.72. The third-order valence-corrected chi connectivity index (χ3v) is 3.43. The second-order valence-corrected chi connectivity index (χ2v) is 5.69. The zero-order valence-electron chi connectivity index (χ0n) is 13.8. The van der Waals surface area contributed by atoms with Gasteiger partial charge in [-0.2, -0.15) is 0 Å². The van der Waals surface area contributed by atoms with E-state index in [-0.39, 0.29) is 11.5 Å². The SMILES string of the molecule is CC(C)c1ccc(C(=O)C=CNc2ccc(OC(F)(F)F)cc2)cc1. The van der Waals surface area contributed by atoms with Gasteiger partial charge in [0.25, 0.3) is 0 Å². The van der Waals surface area contributed by atoms with Crippen LogP contribution in [0.25, 0.3) is 0 Å². The van der Waals surface area contributed by atoms with Crippen molar-refractivity contribution in [2.24, 2.45) is 0 Å². The number of hydrogen-bond acceptors (Lipinski definition) is 3. The molecule has 0 aliphatic rings. The van der Waals surface area contributed by atoms with E-state index >= 15 is 0 Å². The lowest BCUT2D eigenvalue weighted by atomic mass is 10.0. The highest BCUT2D eigenvalue weighted by molar-refractivity contribution is 6.04. The van der Waals surface area contributed by atoms with Gasteiger partial charge in [-0.15, -0.1) is 13.2 Å². The van der Waals surface area contributed by atoms with E-state index in [2.05, 4.69) is 23.9 Å². The maximum Gasteiger partial charge on any atom is 0.573 e. The summed E-state index contributed by atoms with van der Waals surface area (Å²) in [6.07, 6.45) is -1.91. The fraction of sp³-hybridized carbons (Fsp3) is 0.211. The topological polar surface area (TPSA) is 38.3 Å². The third kappa shape index (κ3) is 5.99. The van der Waals surface area contributed by atoms with E-state index in [0.29, 0.717) is 17.2 Å². The highest BCUT2D eigenvalue weighted by Crippen LogP contribution is 2.24. The molecule has 0 bridgehead atoms. The molecule has 0 fully saturated rings. The molecule has 0 aromatic heterocycles. The molecule has 0 atom stereocenters. The summed E-state index contributed by atoms with van der Waals surface area (Å²) in [5.74, 6) is -0.0752. The van der Waals surface area contributed by atoms with Crippen molar-refractivity contribution in [2.75, 3.05) is 5.32 Å². The van der Waals surface area contributed by atoms with Crippen LogP contribution in [-0.4, -0.2) is 12.1 Å². The number of rotatable bonds is 6. The quantitative estimate of drug-likeness (QED) is 0.551. The van der Waals surface area contributed by atoms with E-state index < -0.39 is 6.36 Å². The summed E-state index contributed by atoms with van der Waals surface area (Å²) < 4.78 is 40.0. The minimum Gasteiger partial charge on any atom is -0.406 e. The molecule has 132 valence electrons. The van der Waals surface area contributed by atoms with Gasteiger partial charge in [-0.1, -0.05) is 38.1 Å². The average molecular weight is 349 g/mol. The fourth-order valence-corrected chi connectivity index (χ4v) is 2.09. The summed E-state index contributed by atoms with van der Waals surface area (Å²) >= 11 is 0. The fourth-order valence-electron chi connectivity index (χ4n) is 2.09. The van der Waals surface area contributed by atoms with Gasteiger partial charge >= 0.3 is 6.36 Å². The number of hydrogen-bond donors (Lipinski definition) is 1. The van der Waals surface area contributed by atoms with E-state index in [1.807, 2.05) is 12.1 Å². The first kappa shape index (κ1) is 18.6. The highest BCUT2D eigenvalue weighted by Gasteiger charge is 2.30. The number of carbonyl (C=O) groups is 1. The third-order valence-electron chi connectivity index (χ3n) is 3.43. The van der Waals surface area contributed by atoms with Gasteiger partial charge in [0.1, 0.15) is 5.75 Å². The molecule has 0 spiro atoms. The summed E-state index contributed by atoms with van der Waals surface area (Å²) in [7, 11) is 0. The number of alkyl halides is 3. The predicted molar refractivity (Wildman–Crippen MR) is 90.7 cm³/mol. The number of nitrogens with one attached hydrogen (secondary N) is 1. The standard InChI is InChI=1S/C19H18F3NO2/c1-13(2)14-3-5-15(6-4-14)18(24)11-12-23-16-7-9-17(10-8-16)25-19(20,21)22/h3-13,23H,1-2H3. The first-order chi connectivity index (χ1) is 11.7. The number of halogens is 3. The number of carbonyl (C=O) groups excluding carboxylic acids is 1. The molecular formula is C19H18F3NO2. The van der Waals surface area contributed by atoms with E-state index in [1.165, 1.54) is 36.5 Å². The van der Waals surface area contributed by atoms with Gasteiger partial charge in [0.05, 0.1) is 0 Å². The van der Waals surface area contributed by atoms with Crippen LogP contribution in [0.4, 0.5) is 18.9 Å². The number of ether oxygens (including phenoxy) is 1. The van der Waals surface area contributed by atoms with Crippen LogP contribution in [0.1, 0.15) is 35.7 Å². The highest BCUT2D eigenvalue weighted by atomic mass is 19.4. The summed E-state index contributed by atoms with van der Waals surface area (Å²) in [6, 6.07) is 12.6. The Labute approximate surface area is 144 Å². The van der Waals surface area contributed by atoms with Crippen molar-refractivity contribution in [1.82, 2.24) is 0 Å². The monoisotopic (exact) mass is 349 g/mol. The molecular weight excluding hydrogens is 331 g/mol.